The van der Waals surface area contributed by atoms with Crippen LogP contribution >= 0.6 is 23.1 Å². The van der Waals surface area contributed by atoms with E-state index in [-0.39, 0.29) is 0 Å². The Bertz CT molecular complexity index is 956. The van der Waals surface area contributed by atoms with Crippen LogP contribution in [0, 0.1) is 5.92 Å². The number of aromatic nitrogens is 4. The van der Waals surface area contributed by atoms with Crippen molar-refractivity contribution < 1.29 is 8.83 Å². The largest absolute Gasteiger partial charge is 0.461 e. The fourth-order valence-corrected chi connectivity index (χ4v) is 4.02. The molecule has 0 amide bonds. The number of hydrogen-bond acceptors (Lipinski definition) is 7. The molecule has 0 fully saturated rings. The van der Waals surface area contributed by atoms with Gasteiger partial charge >= 0.3 is 0 Å². The Hall–Kier alpha value is -2.32. The number of furan rings is 1. The van der Waals surface area contributed by atoms with Crippen molar-refractivity contribution in [2.75, 3.05) is 0 Å². The number of thiophene rings is 1. The molecule has 6 nitrogen and oxygen atoms in total. The number of oxazole rings is 1. The Morgan fingerprint density at radius 1 is 1.19 bits per heavy atom. The summed E-state index contributed by atoms with van der Waals surface area (Å²) in [4.78, 5) is 5.59. The monoisotopic (exact) mass is 386 g/mol. The summed E-state index contributed by atoms with van der Waals surface area (Å²) in [6.07, 6.45) is 3.36. The lowest BCUT2D eigenvalue weighted by atomic mass is 10.2. The zero-order chi connectivity index (χ0) is 17.9. The zero-order valence-corrected chi connectivity index (χ0v) is 16.1. The van der Waals surface area contributed by atoms with Gasteiger partial charge in [0, 0.05) is 12.3 Å². The van der Waals surface area contributed by atoms with Gasteiger partial charge in [-0.3, -0.25) is 4.57 Å². The molecule has 0 aliphatic carbocycles. The first kappa shape index (κ1) is 17.1. The first-order valence-electron chi connectivity index (χ1n) is 8.29. The average molecular weight is 387 g/mol. The second-order valence-electron chi connectivity index (χ2n) is 6.20. The van der Waals surface area contributed by atoms with E-state index in [1.807, 2.05) is 29.6 Å². The molecular formula is C18H18N4O2S2. The molecule has 4 aromatic heterocycles. The van der Waals surface area contributed by atoms with E-state index in [1.54, 1.807) is 35.6 Å². The lowest BCUT2D eigenvalue weighted by molar-refractivity contribution is 0.489. The third kappa shape index (κ3) is 3.61. The summed E-state index contributed by atoms with van der Waals surface area (Å²) in [5, 5.41) is 11.5. The van der Waals surface area contributed by atoms with Gasteiger partial charge < -0.3 is 8.83 Å². The van der Waals surface area contributed by atoms with Crippen molar-refractivity contribution in [2.45, 2.75) is 31.3 Å². The average Bonchev–Trinajstić information content (AvgIpc) is 3.38. The molecule has 8 heteroatoms. The van der Waals surface area contributed by atoms with Gasteiger partial charge in [0.05, 0.1) is 16.8 Å². The van der Waals surface area contributed by atoms with Gasteiger partial charge in [-0.2, -0.15) is 0 Å². The molecule has 134 valence electrons. The van der Waals surface area contributed by atoms with Gasteiger partial charge in [0.1, 0.15) is 6.26 Å². The Morgan fingerprint density at radius 2 is 2.12 bits per heavy atom. The van der Waals surface area contributed by atoms with Crippen LogP contribution in [-0.4, -0.2) is 19.7 Å². The normalized spacial score (nSPS) is 11.5. The van der Waals surface area contributed by atoms with E-state index in [2.05, 4.69) is 33.6 Å². The summed E-state index contributed by atoms with van der Waals surface area (Å²) in [5.74, 6) is 3.28. The fraction of sp³-hybridized carbons (Fsp3) is 0.278. The summed E-state index contributed by atoms with van der Waals surface area (Å²) < 4.78 is 13.2. The standard InChI is InChI=1S/C18H18N4O2S2/c1-12(2)9-22-16(14-5-3-7-23-14)20-21-18(22)26-11-13-10-24-17(19-13)15-6-4-8-25-15/h3-8,10,12H,9,11H2,1-2H3. The highest BCUT2D eigenvalue weighted by molar-refractivity contribution is 7.98. The van der Waals surface area contributed by atoms with Gasteiger partial charge in [0.2, 0.25) is 5.89 Å². The summed E-state index contributed by atoms with van der Waals surface area (Å²) >= 11 is 3.21. The van der Waals surface area contributed by atoms with E-state index in [1.165, 1.54) is 0 Å². The van der Waals surface area contributed by atoms with Gasteiger partial charge in [-0.15, -0.1) is 21.5 Å². The van der Waals surface area contributed by atoms with E-state index in [4.69, 9.17) is 8.83 Å². The van der Waals surface area contributed by atoms with Gasteiger partial charge in [-0.25, -0.2) is 4.98 Å². The molecule has 26 heavy (non-hydrogen) atoms. The second kappa shape index (κ2) is 7.51. The van der Waals surface area contributed by atoms with Crippen LogP contribution < -0.4 is 0 Å². The first-order valence-corrected chi connectivity index (χ1v) is 10.2. The molecule has 0 aliphatic rings. The van der Waals surface area contributed by atoms with Crippen LogP contribution in [0.1, 0.15) is 19.5 Å². The van der Waals surface area contributed by atoms with Crippen LogP contribution in [0.25, 0.3) is 22.4 Å². The molecular weight excluding hydrogens is 368 g/mol. The number of hydrogen-bond donors (Lipinski definition) is 0. The van der Waals surface area contributed by atoms with E-state index in [0.29, 0.717) is 17.6 Å². The van der Waals surface area contributed by atoms with Crippen molar-refractivity contribution in [3.63, 3.8) is 0 Å². The van der Waals surface area contributed by atoms with Gasteiger partial charge in [-0.05, 0) is 29.5 Å². The van der Waals surface area contributed by atoms with E-state index in [0.717, 1.165) is 33.9 Å². The van der Waals surface area contributed by atoms with Crippen molar-refractivity contribution >= 4 is 23.1 Å². The Kier molecular flexibility index (Phi) is 4.94. The molecule has 0 unspecified atom stereocenters. The van der Waals surface area contributed by atoms with Crippen molar-refractivity contribution in [3.8, 4) is 22.4 Å². The minimum atomic E-state index is 0.469. The Morgan fingerprint density at radius 3 is 2.85 bits per heavy atom. The third-order valence-corrected chi connectivity index (χ3v) is 5.50. The van der Waals surface area contributed by atoms with Crippen molar-refractivity contribution in [3.05, 3.63) is 47.9 Å². The molecule has 4 rings (SSSR count). The molecule has 4 aromatic rings. The maximum atomic E-state index is 5.58. The lowest BCUT2D eigenvalue weighted by Crippen LogP contribution is -2.07. The molecule has 0 saturated carbocycles. The molecule has 4 heterocycles. The number of rotatable bonds is 7. The summed E-state index contributed by atoms with van der Waals surface area (Å²) in [5.41, 5.74) is 0.886. The van der Waals surface area contributed by atoms with Crippen LogP contribution in [0.5, 0.6) is 0 Å². The fourth-order valence-electron chi connectivity index (χ4n) is 2.54. The van der Waals surface area contributed by atoms with Crippen molar-refractivity contribution in [2.24, 2.45) is 5.92 Å². The second-order valence-corrected chi connectivity index (χ2v) is 8.09. The SMILES string of the molecule is CC(C)Cn1c(SCc2coc(-c3cccs3)n2)nnc1-c1ccco1. The quantitative estimate of drug-likeness (QED) is 0.406. The zero-order valence-electron chi connectivity index (χ0n) is 14.5. The minimum Gasteiger partial charge on any atom is -0.461 e. The molecule has 0 aliphatic heterocycles. The van der Waals surface area contributed by atoms with Crippen LogP contribution in [0.15, 0.2) is 56.2 Å². The van der Waals surface area contributed by atoms with Gasteiger partial charge in [0.25, 0.3) is 0 Å². The van der Waals surface area contributed by atoms with Crippen LogP contribution in [0.2, 0.25) is 0 Å². The van der Waals surface area contributed by atoms with Gasteiger partial charge in [0.15, 0.2) is 16.7 Å². The van der Waals surface area contributed by atoms with Crippen LogP contribution in [0.3, 0.4) is 0 Å². The van der Waals surface area contributed by atoms with Gasteiger partial charge in [-0.1, -0.05) is 31.7 Å². The van der Waals surface area contributed by atoms with Crippen molar-refractivity contribution in [1.82, 2.24) is 19.7 Å². The highest BCUT2D eigenvalue weighted by Gasteiger charge is 2.18. The van der Waals surface area contributed by atoms with E-state index in [9.17, 15) is 0 Å². The van der Waals surface area contributed by atoms with Crippen molar-refractivity contribution in [1.29, 1.82) is 0 Å². The molecule has 0 saturated heterocycles. The molecule has 0 bridgehead atoms. The first-order chi connectivity index (χ1) is 12.7. The predicted octanol–water partition coefficient (Wildman–Crippen LogP) is 5.20. The molecule has 0 radical (unpaired) electrons. The third-order valence-electron chi connectivity index (χ3n) is 3.64. The van der Waals surface area contributed by atoms with Crippen LogP contribution in [0.4, 0.5) is 0 Å². The predicted molar refractivity (Wildman–Crippen MR) is 102 cm³/mol. The smallest absolute Gasteiger partial charge is 0.236 e. The number of nitrogens with zero attached hydrogens (tertiary/aromatic N) is 4. The topological polar surface area (TPSA) is 69.9 Å². The highest BCUT2D eigenvalue weighted by Crippen LogP contribution is 2.29. The van der Waals surface area contributed by atoms with E-state index < -0.39 is 0 Å². The summed E-state index contributed by atoms with van der Waals surface area (Å²) in [7, 11) is 0. The lowest BCUT2D eigenvalue weighted by Gasteiger charge is -2.11. The Balaban J connectivity index is 1.53. The highest BCUT2D eigenvalue weighted by atomic mass is 32.2. The minimum absolute atomic E-state index is 0.469. The molecule has 0 spiro atoms. The molecule has 0 N–H and O–H groups in total. The maximum Gasteiger partial charge on any atom is 0.236 e. The van der Waals surface area contributed by atoms with E-state index >= 15 is 0 Å². The Labute approximate surface area is 159 Å². The molecule has 0 aromatic carbocycles. The molecule has 0 atom stereocenters. The maximum absolute atomic E-state index is 5.58. The summed E-state index contributed by atoms with van der Waals surface area (Å²) in [6, 6.07) is 7.75. The van der Waals surface area contributed by atoms with Crippen LogP contribution in [-0.2, 0) is 12.3 Å². The number of thioether (sulfide) groups is 1. The summed E-state index contributed by atoms with van der Waals surface area (Å²) in [6.45, 7) is 5.17.